The highest BCUT2D eigenvalue weighted by Crippen LogP contribution is 2.29. The van der Waals surface area contributed by atoms with Crippen molar-refractivity contribution >= 4 is 0 Å². The quantitative estimate of drug-likeness (QED) is 0.873. The van der Waals surface area contributed by atoms with E-state index in [2.05, 4.69) is 43.4 Å². The molecule has 3 nitrogen and oxygen atoms in total. The standard InChI is InChI=1S/C17H21NO2/c1-12-7-9-14(10-8-12)13(2)18-11-15-5-4-6-16(20-3)17(15)19/h4-10,13,18-19H,11H2,1-3H3/t13-/m0/s1. The van der Waals surface area contributed by atoms with Gasteiger partial charge in [0.1, 0.15) is 0 Å². The molecule has 0 radical (unpaired) electrons. The molecule has 3 heteroatoms. The highest BCUT2D eigenvalue weighted by atomic mass is 16.5. The molecule has 0 aliphatic heterocycles. The summed E-state index contributed by atoms with van der Waals surface area (Å²) < 4.78 is 5.11. The first-order valence-electron chi connectivity index (χ1n) is 6.76. The molecule has 0 aliphatic carbocycles. The molecule has 20 heavy (non-hydrogen) atoms. The fourth-order valence-electron chi connectivity index (χ4n) is 2.11. The van der Waals surface area contributed by atoms with Crippen molar-refractivity contribution in [3.05, 3.63) is 59.2 Å². The third kappa shape index (κ3) is 3.31. The first kappa shape index (κ1) is 14.4. The van der Waals surface area contributed by atoms with Gasteiger partial charge in [0.05, 0.1) is 7.11 Å². The zero-order valence-electron chi connectivity index (χ0n) is 12.2. The van der Waals surface area contributed by atoms with Gasteiger partial charge in [-0.05, 0) is 25.5 Å². The van der Waals surface area contributed by atoms with Crippen LogP contribution >= 0.6 is 0 Å². The number of methoxy groups -OCH3 is 1. The molecule has 0 saturated carbocycles. The van der Waals surface area contributed by atoms with Crippen molar-refractivity contribution in [3.8, 4) is 11.5 Å². The SMILES string of the molecule is COc1cccc(CN[C@@H](C)c2ccc(C)cc2)c1O. The van der Waals surface area contributed by atoms with Gasteiger partial charge >= 0.3 is 0 Å². The van der Waals surface area contributed by atoms with Crippen LogP contribution in [0.3, 0.4) is 0 Å². The van der Waals surface area contributed by atoms with Crippen LogP contribution in [0.1, 0.15) is 29.7 Å². The number of rotatable bonds is 5. The topological polar surface area (TPSA) is 41.5 Å². The number of hydrogen-bond donors (Lipinski definition) is 2. The van der Waals surface area contributed by atoms with Crippen LogP contribution in [-0.4, -0.2) is 12.2 Å². The van der Waals surface area contributed by atoms with Crippen molar-refractivity contribution < 1.29 is 9.84 Å². The monoisotopic (exact) mass is 271 g/mol. The Morgan fingerprint density at radius 3 is 2.50 bits per heavy atom. The molecule has 0 saturated heterocycles. The largest absolute Gasteiger partial charge is 0.504 e. The van der Waals surface area contributed by atoms with E-state index in [1.165, 1.54) is 11.1 Å². The van der Waals surface area contributed by atoms with Gasteiger partial charge < -0.3 is 15.2 Å². The average molecular weight is 271 g/mol. The Labute approximate surface area is 120 Å². The van der Waals surface area contributed by atoms with Crippen molar-refractivity contribution in [3.63, 3.8) is 0 Å². The van der Waals surface area contributed by atoms with E-state index in [0.29, 0.717) is 12.3 Å². The number of ether oxygens (including phenoxy) is 1. The van der Waals surface area contributed by atoms with Gasteiger partial charge in [0.15, 0.2) is 11.5 Å². The fourth-order valence-corrected chi connectivity index (χ4v) is 2.11. The Morgan fingerprint density at radius 2 is 1.85 bits per heavy atom. The number of aryl methyl sites for hydroxylation is 1. The maximum atomic E-state index is 10.0. The molecule has 2 aromatic rings. The summed E-state index contributed by atoms with van der Waals surface area (Å²) in [6, 6.07) is 14.2. The van der Waals surface area contributed by atoms with Gasteiger partial charge in [-0.3, -0.25) is 0 Å². The van der Waals surface area contributed by atoms with Crippen LogP contribution < -0.4 is 10.1 Å². The first-order chi connectivity index (χ1) is 9.61. The zero-order chi connectivity index (χ0) is 14.5. The highest BCUT2D eigenvalue weighted by molar-refractivity contribution is 5.45. The molecule has 0 heterocycles. The Morgan fingerprint density at radius 1 is 1.15 bits per heavy atom. The van der Waals surface area contributed by atoms with E-state index in [1.54, 1.807) is 13.2 Å². The summed E-state index contributed by atoms with van der Waals surface area (Å²) in [5, 5.41) is 13.5. The van der Waals surface area contributed by atoms with Crippen molar-refractivity contribution in [2.75, 3.05) is 7.11 Å². The van der Waals surface area contributed by atoms with Crippen LogP contribution in [0.25, 0.3) is 0 Å². The normalized spacial score (nSPS) is 12.2. The van der Waals surface area contributed by atoms with Crippen LogP contribution in [0.2, 0.25) is 0 Å². The number of phenolic OH excluding ortho intramolecular Hbond substituents is 1. The second-order valence-electron chi connectivity index (χ2n) is 4.98. The van der Waals surface area contributed by atoms with E-state index < -0.39 is 0 Å². The summed E-state index contributed by atoms with van der Waals surface area (Å²) >= 11 is 0. The van der Waals surface area contributed by atoms with E-state index in [0.717, 1.165) is 5.56 Å². The lowest BCUT2D eigenvalue weighted by atomic mass is 10.1. The summed E-state index contributed by atoms with van der Waals surface area (Å²) in [5.74, 6) is 0.714. The Bertz CT molecular complexity index is 564. The number of benzene rings is 2. The lowest BCUT2D eigenvalue weighted by molar-refractivity contribution is 0.369. The van der Waals surface area contributed by atoms with Gasteiger partial charge in [0.2, 0.25) is 0 Å². The van der Waals surface area contributed by atoms with Gasteiger partial charge in [-0.2, -0.15) is 0 Å². The van der Waals surface area contributed by atoms with Crippen molar-refractivity contribution in [1.82, 2.24) is 5.32 Å². The third-order valence-electron chi connectivity index (χ3n) is 3.48. The van der Waals surface area contributed by atoms with E-state index in [9.17, 15) is 5.11 Å². The second kappa shape index (κ2) is 6.44. The number of phenols is 1. The smallest absolute Gasteiger partial charge is 0.162 e. The minimum absolute atomic E-state index is 0.207. The lowest BCUT2D eigenvalue weighted by Gasteiger charge is -2.16. The molecule has 0 aliphatic rings. The first-order valence-corrected chi connectivity index (χ1v) is 6.76. The summed E-state index contributed by atoms with van der Waals surface area (Å²) in [6.45, 7) is 4.79. The molecule has 2 N–H and O–H groups in total. The molecule has 2 rings (SSSR count). The molecule has 0 aromatic heterocycles. The molecule has 2 aromatic carbocycles. The minimum atomic E-state index is 0.207. The van der Waals surface area contributed by atoms with Crippen molar-refractivity contribution in [2.45, 2.75) is 26.4 Å². The van der Waals surface area contributed by atoms with E-state index in [1.807, 2.05) is 12.1 Å². The summed E-state index contributed by atoms with van der Waals surface area (Å²) in [5.41, 5.74) is 3.33. The molecular weight excluding hydrogens is 250 g/mol. The lowest BCUT2D eigenvalue weighted by Crippen LogP contribution is -2.18. The maximum Gasteiger partial charge on any atom is 0.162 e. The Balaban J connectivity index is 2.03. The van der Waals surface area contributed by atoms with Crippen LogP contribution in [-0.2, 0) is 6.54 Å². The molecule has 0 spiro atoms. The van der Waals surface area contributed by atoms with Gasteiger partial charge in [0, 0.05) is 18.2 Å². The van der Waals surface area contributed by atoms with Crippen molar-refractivity contribution in [1.29, 1.82) is 0 Å². The Hall–Kier alpha value is -2.00. The molecule has 0 amide bonds. The fraction of sp³-hybridized carbons (Fsp3) is 0.294. The third-order valence-corrected chi connectivity index (χ3v) is 3.48. The van der Waals surface area contributed by atoms with Crippen LogP contribution in [0.15, 0.2) is 42.5 Å². The van der Waals surface area contributed by atoms with Crippen LogP contribution in [0.5, 0.6) is 11.5 Å². The summed E-state index contributed by atoms with van der Waals surface area (Å²) in [6.07, 6.45) is 0. The number of nitrogens with one attached hydrogen (secondary N) is 1. The van der Waals surface area contributed by atoms with E-state index in [-0.39, 0.29) is 11.8 Å². The van der Waals surface area contributed by atoms with E-state index >= 15 is 0 Å². The molecule has 106 valence electrons. The van der Waals surface area contributed by atoms with Gasteiger partial charge in [-0.1, -0.05) is 42.0 Å². The number of hydrogen-bond acceptors (Lipinski definition) is 3. The number of para-hydroxylation sites is 1. The van der Waals surface area contributed by atoms with Gasteiger partial charge in [-0.15, -0.1) is 0 Å². The zero-order valence-corrected chi connectivity index (χ0v) is 12.2. The molecule has 0 bridgehead atoms. The van der Waals surface area contributed by atoms with Gasteiger partial charge in [-0.25, -0.2) is 0 Å². The number of aromatic hydroxyl groups is 1. The van der Waals surface area contributed by atoms with Crippen LogP contribution in [0, 0.1) is 6.92 Å². The van der Waals surface area contributed by atoms with Crippen LogP contribution in [0.4, 0.5) is 0 Å². The summed E-state index contributed by atoms with van der Waals surface area (Å²) in [7, 11) is 1.56. The van der Waals surface area contributed by atoms with E-state index in [4.69, 9.17) is 4.74 Å². The predicted molar refractivity (Wildman–Crippen MR) is 81.1 cm³/mol. The highest BCUT2D eigenvalue weighted by Gasteiger charge is 2.09. The predicted octanol–water partition coefficient (Wildman–Crippen LogP) is 3.56. The summed E-state index contributed by atoms with van der Waals surface area (Å²) in [4.78, 5) is 0. The Kier molecular flexibility index (Phi) is 4.64. The minimum Gasteiger partial charge on any atom is -0.504 e. The molecule has 0 fully saturated rings. The van der Waals surface area contributed by atoms with Crippen molar-refractivity contribution in [2.24, 2.45) is 0 Å². The molecular formula is C17H21NO2. The van der Waals surface area contributed by atoms with Gasteiger partial charge in [0.25, 0.3) is 0 Å². The maximum absolute atomic E-state index is 10.0. The second-order valence-corrected chi connectivity index (χ2v) is 4.98. The molecule has 0 unspecified atom stereocenters. The molecule has 1 atom stereocenters. The average Bonchev–Trinajstić information content (AvgIpc) is 2.46.